The lowest BCUT2D eigenvalue weighted by molar-refractivity contribution is 0.0946. The Morgan fingerprint density at radius 2 is 1.94 bits per heavy atom. The van der Waals surface area contributed by atoms with E-state index in [1.807, 2.05) is 42.5 Å². The highest BCUT2D eigenvalue weighted by molar-refractivity contribution is 14.1. The smallest absolute Gasteiger partial charge is 0.253 e. The molecular weight excluding hydrogens is 559 g/mol. The van der Waals surface area contributed by atoms with Gasteiger partial charge in [-0.2, -0.15) is 0 Å². The standard InChI is InChI=1S/C11H12I3NO2/c1-5(2)4-15-11(17)8-6(12)3-7(13)10(16)9(8)14/h3,5,16H,4H2,1-2H3,(H,15,17). The minimum atomic E-state index is -0.126. The number of hydrogen-bond acceptors (Lipinski definition) is 2. The first-order chi connectivity index (χ1) is 7.84. The molecule has 1 rings (SSSR count). The SMILES string of the molecule is CC(C)CNC(=O)c1c(I)cc(I)c(O)c1I. The van der Waals surface area contributed by atoms with E-state index in [0.717, 1.165) is 7.14 Å². The number of nitrogens with one attached hydrogen (secondary N) is 1. The number of carbonyl (C=O) groups excluding carboxylic acids is 1. The van der Waals surface area contributed by atoms with Gasteiger partial charge in [-0.25, -0.2) is 0 Å². The van der Waals surface area contributed by atoms with Crippen LogP contribution in [0.25, 0.3) is 0 Å². The predicted molar refractivity (Wildman–Crippen MR) is 93.4 cm³/mol. The molecule has 0 atom stereocenters. The summed E-state index contributed by atoms with van der Waals surface area (Å²) in [5.41, 5.74) is 0.560. The van der Waals surface area contributed by atoms with E-state index in [1.165, 1.54) is 0 Å². The molecule has 1 aromatic rings. The van der Waals surface area contributed by atoms with Gasteiger partial charge >= 0.3 is 0 Å². The van der Waals surface area contributed by atoms with Gasteiger partial charge in [-0.05, 0) is 79.8 Å². The second-order valence-corrected chi connectivity index (χ2v) is 7.38. The summed E-state index contributed by atoms with van der Waals surface area (Å²) in [7, 11) is 0. The van der Waals surface area contributed by atoms with Crippen molar-refractivity contribution in [3.63, 3.8) is 0 Å². The van der Waals surface area contributed by atoms with Crippen LogP contribution in [0.5, 0.6) is 5.75 Å². The summed E-state index contributed by atoms with van der Waals surface area (Å²) in [6, 6.07) is 1.81. The van der Waals surface area contributed by atoms with Crippen LogP contribution in [0.1, 0.15) is 24.2 Å². The third kappa shape index (κ3) is 4.08. The van der Waals surface area contributed by atoms with Gasteiger partial charge in [-0.3, -0.25) is 4.79 Å². The fourth-order valence-electron chi connectivity index (χ4n) is 1.17. The Labute approximate surface area is 142 Å². The maximum atomic E-state index is 12.0. The molecule has 0 spiro atoms. The van der Waals surface area contributed by atoms with E-state index < -0.39 is 0 Å². The summed E-state index contributed by atoms with van der Waals surface area (Å²) in [5.74, 6) is 0.465. The molecule has 0 heterocycles. The average molecular weight is 571 g/mol. The summed E-state index contributed by atoms with van der Waals surface area (Å²) < 4.78 is 2.23. The van der Waals surface area contributed by atoms with Gasteiger partial charge in [0, 0.05) is 10.1 Å². The molecule has 17 heavy (non-hydrogen) atoms. The number of aromatic hydroxyl groups is 1. The summed E-state index contributed by atoms with van der Waals surface area (Å²) in [6.07, 6.45) is 0. The van der Waals surface area contributed by atoms with Gasteiger partial charge in [0.15, 0.2) is 0 Å². The molecular formula is C11H12I3NO2. The lowest BCUT2D eigenvalue weighted by Crippen LogP contribution is -2.28. The Morgan fingerprint density at radius 3 is 2.47 bits per heavy atom. The number of benzene rings is 1. The van der Waals surface area contributed by atoms with E-state index in [-0.39, 0.29) is 11.7 Å². The molecule has 1 aromatic carbocycles. The molecule has 94 valence electrons. The monoisotopic (exact) mass is 571 g/mol. The highest BCUT2D eigenvalue weighted by Gasteiger charge is 2.19. The molecule has 0 radical (unpaired) electrons. The molecule has 0 saturated heterocycles. The summed E-state index contributed by atoms with van der Waals surface area (Å²) >= 11 is 6.18. The molecule has 0 unspecified atom stereocenters. The summed E-state index contributed by atoms with van der Waals surface area (Å²) in [4.78, 5) is 12.0. The maximum absolute atomic E-state index is 12.0. The van der Waals surface area contributed by atoms with E-state index >= 15 is 0 Å². The first-order valence-corrected chi connectivity index (χ1v) is 8.22. The van der Waals surface area contributed by atoms with Crippen LogP contribution in [0.4, 0.5) is 0 Å². The van der Waals surface area contributed by atoms with E-state index in [2.05, 4.69) is 50.5 Å². The fraction of sp³-hybridized carbons (Fsp3) is 0.364. The van der Waals surface area contributed by atoms with Crippen molar-refractivity contribution in [3.05, 3.63) is 22.3 Å². The van der Waals surface area contributed by atoms with Crippen LogP contribution in [0, 0.1) is 16.6 Å². The van der Waals surface area contributed by atoms with Crippen LogP contribution in [-0.2, 0) is 0 Å². The quantitative estimate of drug-likeness (QED) is 0.546. The molecule has 0 aliphatic heterocycles. The van der Waals surface area contributed by atoms with Crippen molar-refractivity contribution in [2.75, 3.05) is 6.54 Å². The van der Waals surface area contributed by atoms with E-state index in [1.54, 1.807) is 0 Å². The van der Waals surface area contributed by atoms with Crippen molar-refractivity contribution in [2.45, 2.75) is 13.8 Å². The zero-order valence-corrected chi connectivity index (χ0v) is 15.8. The molecule has 0 aliphatic carbocycles. The van der Waals surface area contributed by atoms with Gasteiger partial charge in [0.2, 0.25) is 0 Å². The van der Waals surface area contributed by atoms with Gasteiger partial charge in [0.1, 0.15) is 5.75 Å². The van der Waals surface area contributed by atoms with Crippen molar-refractivity contribution >= 4 is 73.7 Å². The number of halogens is 3. The number of rotatable bonds is 3. The molecule has 0 fully saturated rings. The lowest BCUT2D eigenvalue weighted by atomic mass is 10.2. The third-order valence-electron chi connectivity index (χ3n) is 2.04. The second-order valence-electron chi connectivity index (χ2n) is 3.98. The summed E-state index contributed by atoms with van der Waals surface area (Å²) in [6.45, 7) is 4.72. The lowest BCUT2D eigenvalue weighted by Gasteiger charge is -2.12. The van der Waals surface area contributed by atoms with Crippen molar-refractivity contribution in [1.29, 1.82) is 0 Å². The molecule has 6 heteroatoms. The van der Waals surface area contributed by atoms with E-state index in [9.17, 15) is 9.90 Å². The Hall–Kier alpha value is 0.680. The molecule has 0 saturated carbocycles. The van der Waals surface area contributed by atoms with Crippen LogP contribution in [-0.4, -0.2) is 17.6 Å². The first-order valence-electron chi connectivity index (χ1n) is 4.99. The van der Waals surface area contributed by atoms with Gasteiger partial charge in [0.25, 0.3) is 5.91 Å². The zero-order valence-electron chi connectivity index (χ0n) is 9.35. The maximum Gasteiger partial charge on any atom is 0.253 e. The Balaban J connectivity index is 3.06. The van der Waals surface area contributed by atoms with E-state index in [4.69, 9.17) is 0 Å². The van der Waals surface area contributed by atoms with Gasteiger partial charge in [-0.15, -0.1) is 0 Å². The first kappa shape index (κ1) is 15.7. The normalized spacial score (nSPS) is 10.7. The molecule has 0 bridgehead atoms. The zero-order chi connectivity index (χ0) is 13.2. The Bertz CT molecular complexity index is 447. The highest BCUT2D eigenvalue weighted by atomic mass is 127. The van der Waals surface area contributed by atoms with E-state index in [0.29, 0.717) is 21.6 Å². The topological polar surface area (TPSA) is 49.3 Å². The Kier molecular flexibility index (Phi) is 6.23. The van der Waals surface area contributed by atoms with Crippen LogP contribution < -0.4 is 5.32 Å². The van der Waals surface area contributed by atoms with Gasteiger partial charge in [0.05, 0.1) is 12.7 Å². The van der Waals surface area contributed by atoms with Crippen LogP contribution in [0.15, 0.2) is 6.07 Å². The van der Waals surface area contributed by atoms with Crippen LogP contribution in [0.3, 0.4) is 0 Å². The average Bonchev–Trinajstić information content (AvgIpc) is 2.23. The van der Waals surface area contributed by atoms with Gasteiger partial charge < -0.3 is 10.4 Å². The Morgan fingerprint density at radius 1 is 1.35 bits per heavy atom. The second kappa shape index (κ2) is 6.73. The molecule has 0 aliphatic rings. The number of hydrogen-bond donors (Lipinski definition) is 2. The minimum absolute atomic E-state index is 0.126. The van der Waals surface area contributed by atoms with Crippen LogP contribution in [0.2, 0.25) is 0 Å². The van der Waals surface area contributed by atoms with Crippen LogP contribution >= 0.6 is 67.8 Å². The predicted octanol–water partition coefficient (Wildman–Crippen LogP) is 3.59. The fourth-order valence-corrected chi connectivity index (χ4v) is 5.03. The minimum Gasteiger partial charge on any atom is -0.506 e. The number of amides is 1. The highest BCUT2D eigenvalue weighted by Crippen LogP contribution is 2.32. The molecule has 2 N–H and O–H groups in total. The molecule has 3 nitrogen and oxygen atoms in total. The van der Waals surface area contributed by atoms with Crippen molar-refractivity contribution in [1.82, 2.24) is 5.32 Å². The van der Waals surface area contributed by atoms with Crippen molar-refractivity contribution < 1.29 is 9.90 Å². The van der Waals surface area contributed by atoms with Crippen molar-refractivity contribution in [2.24, 2.45) is 5.92 Å². The number of phenolic OH excluding ortho intramolecular Hbond substituents is 1. The molecule has 0 aromatic heterocycles. The molecule has 1 amide bonds. The van der Waals surface area contributed by atoms with Crippen molar-refractivity contribution in [3.8, 4) is 5.75 Å². The van der Waals surface area contributed by atoms with Gasteiger partial charge in [-0.1, -0.05) is 13.8 Å². The third-order valence-corrected chi connectivity index (χ3v) is 4.77. The number of carbonyl (C=O) groups is 1. The largest absolute Gasteiger partial charge is 0.506 e. The number of phenols is 1. The summed E-state index contributed by atoms with van der Waals surface area (Å²) in [5, 5.41) is 12.7.